The fourth-order valence-corrected chi connectivity index (χ4v) is 1.53. The smallest absolute Gasteiger partial charge is 0.220 e. The van der Waals surface area contributed by atoms with E-state index in [4.69, 9.17) is 10.5 Å². The Morgan fingerprint density at radius 1 is 1.45 bits per heavy atom. The molecule has 0 fully saturated rings. The molecule has 1 aromatic rings. The Morgan fingerprint density at radius 2 is 2.20 bits per heavy atom. The summed E-state index contributed by atoms with van der Waals surface area (Å²) >= 11 is 0. The third-order valence-corrected chi connectivity index (χ3v) is 2.62. The fraction of sp³-hybridized carbons (Fsp3) is 0.500. The summed E-state index contributed by atoms with van der Waals surface area (Å²) in [6.07, 6.45) is 1.48. The molecule has 0 aromatic heterocycles. The first kappa shape index (κ1) is 16.4. The molecule has 0 spiro atoms. The number of carbonyl (C=O) groups is 1. The average Bonchev–Trinajstić information content (AvgIpc) is 2.36. The second kappa shape index (κ2) is 8.47. The van der Waals surface area contributed by atoms with E-state index in [-0.39, 0.29) is 24.3 Å². The number of hydrogen-bond acceptors (Lipinski definition) is 3. The van der Waals surface area contributed by atoms with Gasteiger partial charge in [0.2, 0.25) is 5.91 Å². The normalized spacial score (nSPS) is 12.0. The largest absolute Gasteiger partial charge is 0.491 e. The van der Waals surface area contributed by atoms with Crippen molar-refractivity contribution in [3.8, 4) is 5.75 Å². The van der Waals surface area contributed by atoms with Gasteiger partial charge >= 0.3 is 0 Å². The highest BCUT2D eigenvalue weighted by molar-refractivity contribution is 5.75. The number of hydrogen-bond donors (Lipinski definition) is 2. The molecule has 1 rings (SSSR count). The van der Waals surface area contributed by atoms with E-state index in [0.717, 1.165) is 18.6 Å². The molecular weight excluding hydrogens is 266 g/mol. The zero-order valence-electron chi connectivity index (χ0n) is 11.5. The van der Waals surface area contributed by atoms with E-state index in [2.05, 4.69) is 5.32 Å². The van der Waals surface area contributed by atoms with E-state index in [1.807, 2.05) is 6.92 Å². The predicted molar refractivity (Wildman–Crippen MR) is 72.4 cm³/mol. The highest BCUT2D eigenvalue weighted by Crippen LogP contribution is 2.17. The minimum absolute atomic E-state index is 0.0104. The SMILES string of the molecule is CC(N)CCNC(=O)CCCOc1ccc(F)cc1F. The first-order chi connectivity index (χ1) is 9.49. The Bertz CT molecular complexity index is 439. The third kappa shape index (κ3) is 6.47. The summed E-state index contributed by atoms with van der Waals surface area (Å²) in [5.74, 6) is -1.49. The Balaban J connectivity index is 2.16. The van der Waals surface area contributed by atoms with Crippen molar-refractivity contribution < 1.29 is 18.3 Å². The minimum Gasteiger partial charge on any atom is -0.491 e. The summed E-state index contributed by atoms with van der Waals surface area (Å²) < 4.78 is 31.0. The van der Waals surface area contributed by atoms with Gasteiger partial charge in [0.1, 0.15) is 5.82 Å². The molecular formula is C14H20F2N2O2. The lowest BCUT2D eigenvalue weighted by Gasteiger charge is -2.08. The van der Waals surface area contributed by atoms with Crippen molar-refractivity contribution in [1.82, 2.24) is 5.32 Å². The molecule has 0 heterocycles. The number of halogens is 2. The zero-order valence-corrected chi connectivity index (χ0v) is 11.5. The summed E-state index contributed by atoms with van der Waals surface area (Å²) in [5.41, 5.74) is 5.56. The van der Waals surface area contributed by atoms with Crippen molar-refractivity contribution in [3.63, 3.8) is 0 Å². The van der Waals surface area contributed by atoms with Crippen molar-refractivity contribution in [3.05, 3.63) is 29.8 Å². The highest BCUT2D eigenvalue weighted by Gasteiger charge is 2.06. The van der Waals surface area contributed by atoms with Crippen LogP contribution in [0, 0.1) is 11.6 Å². The minimum atomic E-state index is -0.744. The summed E-state index contributed by atoms with van der Waals surface area (Å²) in [7, 11) is 0. The van der Waals surface area contributed by atoms with Crippen LogP contribution in [-0.4, -0.2) is 25.1 Å². The van der Waals surface area contributed by atoms with Gasteiger partial charge in [-0.05, 0) is 31.9 Å². The third-order valence-electron chi connectivity index (χ3n) is 2.62. The monoisotopic (exact) mass is 286 g/mol. The lowest BCUT2D eigenvalue weighted by Crippen LogP contribution is -2.28. The van der Waals surface area contributed by atoms with Crippen molar-refractivity contribution in [1.29, 1.82) is 0 Å². The van der Waals surface area contributed by atoms with Crippen LogP contribution in [0.1, 0.15) is 26.2 Å². The van der Waals surface area contributed by atoms with Crippen LogP contribution in [0.15, 0.2) is 18.2 Å². The van der Waals surface area contributed by atoms with Crippen LogP contribution >= 0.6 is 0 Å². The van der Waals surface area contributed by atoms with Gasteiger partial charge in [-0.25, -0.2) is 8.78 Å². The van der Waals surface area contributed by atoms with Gasteiger partial charge < -0.3 is 15.8 Å². The molecule has 0 saturated carbocycles. The molecule has 0 aliphatic heterocycles. The molecule has 3 N–H and O–H groups in total. The van der Waals surface area contributed by atoms with E-state index in [9.17, 15) is 13.6 Å². The number of nitrogens with two attached hydrogens (primary N) is 1. The maximum atomic E-state index is 13.2. The lowest BCUT2D eigenvalue weighted by molar-refractivity contribution is -0.121. The first-order valence-corrected chi connectivity index (χ1v) is 6.59. The highest BCUT2D eigenvalue weighted by atomic mass is 19.1. The van der Waals surface area contributed by atoms with Gasteiger partial charge in [0.25, 0.3) is 0 Å². The van der Waals surface area contributed by atoms with Crippen LogP contribution in [0.25, 0.3) is 0 Å². The Hall–Kier alpha value is -1.69. The lowest BCUT2D eigenvalue weighted by atomic mass is 10.2. The van der Waals surface area contributed by atoms with Crippen LogP contribution in [-0.2, 0) is 4.79 Å². The topological polar surface area (TPSA) is 64.3 Å². The molecule has 4 nitrogen and oxygen atoms in total. The number of benzene rings is 1. The summed E-state index contributed by atoms with van der Waals surface area (Å²) in [4.78, 5) is 11.4. The molecule has 0 radical (unpaired) electrons. The van der Waals surface area contributed by atoms with Crippen molar-refractivity contribution in [2.75, 3.05) is 13.2 Å². The van der Waals surface area contributed by atoms with Crippen molar-refractivity contribution in [2.24, 2.45) is 5.73 Å². The number of ether oxygens (including phenoxy) is 1. The number of carbonyl (C=O) groups excluding carboxylic acids is 1. The molecule has 0 saturated heterocycles. The Labute approximate surface area is 117 Å². The maximum Gasteiger partial charge on any atom is 0.220 e. The van der Waals surface area contributed by atoms with Gasteiger partial charge in [0, 0.05) is 25.1 Å². The van der Waals surface area contributed by atoms with E-state index >= 15 is 0 Å². The molecule has 0 aliphatic rings. The second-order valence-electron chi connectivity index (χ2n) is 4.64. The molecule has 112 valence electrons. The van der Waals surface area contributed by atoms with Crippen LogP contribution in [0.4, 0.5) is 8.78 Å². The van der Waals surface area contributed by atoms with Crippen LogP contribution < -0.4 is 15.8 Å². The average molecular weight is 286 g/mol. The van der Waals surface area contributed by atoms with Gasteiger partial charge in [0.05, 0.1) is 6.61 Å². The quantitative estimate of drug-likeness (QED) is 0.718. The second-order valence-corrected chi connectivity index (χ2v) is 4.64. The molecule has 1 atom stereocenters. The summed E-state index contributed by atoms with van der Waals surface area (Å²) in [6.45, 7) is 2.62. The van der Waals surface area contributed by atoms with Gasteiger partial charge in [0.15, 0.2) is 11.6 Å². The van der Waals surface area contributed by atoms with Crippen LogP contribution in [0.2, 0.25) is 0 Å². The molecule has 20 heavy (non-hydrogen) atoms. The number of nitrogens with one attached hydrogen (secondary N) is 1. The molecule has 1 unspecified atom stereocenters. The van der Waals surface area contributed by atoms with Crippen LogP contribution in [0.3, 0.4) is 0 Å². The molecule has 1 amide bonds. The van der Waals surface area contributed by atoms with Crippen molar-refractivity contribution in [2.45, 2.75) is 32.2 Å². The predicted octanol–water partition coefficient (Wildman–Crippen LogP) is 1.98. The molecule has 1 aromatic carbocycles. The first-order valence-electron chi connectivity index (χ1n) is 6.59. The molecule has 0 aliphatic carbocycles. The number of rotatable bonds is 8. The van der Waals surface area contributed by atoms with Gasteiger partial charge in [-0.1, -0.05) is 0 Å². The van der Waals surface area contributed by atoms with Gasteiger partial charge in [-0.3, -0.25) is 4.79 Å². The van der Waals surface area contributed by atoms with Crippen molar-refractivity contribution >= 4 is 5.91 Å². The molecule has 0 bridgehead atoms. The van der Waals surface area contributed by atoms with E-state index in [1.54, 1.807) is 0 Å². The number of amides is 1. The van der Waals surface area contributed by atoms with Gasteiger partial charge in [-0.2, -0.15) is 0 Å². The molecule has 6 heteroatoms. The Morgan fingerprint density at radius 3 is 2.85 bits per heavy atom. The van der Waals surface area contributed by atoms with Gasteiger partial charge in [-0.15, -0.1) is 0 Å². The standard InChI is InChI=1S/C14H20F2N2O2/c1-10(17)6-7-18-14(19)3-2-8-20-13-5-4-11(15)9-12(13)16/h4-5,9-10H,2-3,6-8,17H2,1H3,(H,18,19). The van der Waals surface area contributed by atoms with E-state index in [1.165, 1.54) is 6.07 Å². The summed E-state index contributed by atoms with van der Waals surface area (Å²) in [6, 6.07) is 3.17. The maximum absolute atomic E-state index is 13.2. The fourth-order valence-electron chi connectivity index (χ4n) is 1.53. The van der Waals surface area contributed by atoms with E-state index in [0.29, 0.717) is 19.4 Å². The van der Waals surface area contributed by atoms with Crippen LogP contribution in [0.5, 0.6) is 5.75 Å². The summed E-state index contributed by atoms with van der Waals surface area (Å²) in [5, 5.41) is 2.73. The Kier molecular flexibility index (Phi) is 6.93. The van der Waals surface area contributed by atoms with E-state index < -0.39 is 11.6 Å². The zero-order chi connectivity index (χ0) is 15.0.